The zero-order valence-corrected chi connectivity index (χ0v) is 10.3. The quantitative estimate of drug-likeness (QED) is 0.676. The maximum atomic E-state index is 6.02. The molecule has 0 aromatic heterocycles. The number of ether oxygens (including phenoxy) is 1. The van der Waals surface area contributed by atoms with E-state index in [9.17, 15) is 0 Å². The fraction of sp³-hybridized carbons (Fsp3) is 0.375. The Balaban J connectivity index is 1.92. The van der Waals surface area contributed by atoms with Crippen LogP contribution in [-0.2, 0) is 4.74 Å². The smallest absolute Gasteiger partial charge is 0.105 e. The molecular formula is C16H18O. The first-order chi connectivity index (χ1) is 8.34. The molecule has 0 saturated heterocycles. The van der Waals surface area contributed by atoms with Crippen LogP contribution in [0.5, 0.6) is 0 Å². The molecule has 1 aliphatic carbocycles. The standard InChI is InChI=1S/C16H18O/c1-12-15(13-7-3-2-4-8-13)11-14-9-5-6-10-16(14)17-12/h2-4,7-8H,5-6,9-11H2,1H3. The zero-order chi connectivity index (χ0) is 11.7. The molecule has 3 rings (SSSR count). The lowest BCUT2D eigenvalue weighted by Crippen LogP contribution is -2.10. The number of allylic oxidation sites excluding steroid dienone is 4. The predicted molar refractivity (Wildman–Crippen MR) is 70.2 cm³/mol. The molecule has 0 atom stereocenters. The van der Waals surface area contributed by atoms with Crippen molar-refractivity contribution in [2.45, 2.75) is 39.0 Å². The van der Waals surface area contributed by atoms with Gasteiger partial charge >= 0.3 is 0 Å². The monoisotopic (exact) mass is 226 g/mol. The van der Waals surface area contributed by atoms with Gasteiger partial charge in [-0.1, -0.05) is 30.3 Å². The molecule has 0 fully saturated rings. The lowest BCUT2D eigenvalue weighted by atomic mass is 9.88. The van der Waals surface area contributed by atoms with Gasteiger partial charge in [-0.05, 0) is 37.3 Å². The van der Waals surface area contributed by atoms with Gasteiger partial charge in [0.05, 0.1) is 0 Å². The van der Waals surface area contributed by atoms with Crippen molar-refractivity contribution in [2.75, 3.05) is 0 Å². The van der Waals surface area contributed by atoms with E-state index in [1.54, 1.807) is 0 Å². The highest BCUT2D eigenvalue weighted by molar-refractivity contribution is 5.70. The summed E-state index contributed by atoms with van der Waals surface area (Å²) in [4.78, 5) is 0. The Morgan fingerprint density at radius 3 is 2.59 bits per heavy atom. The highest BCUT2D eigenvalue weighted by Gasteiger charge is 2.22. The van der Waals surface area contributed by atoms with Crippen LogP contribution < -0.4 is 0 Å². The van der Waals surface area contributed by atoms with Crippen molar-refractivity contribution in [2.24, 2.45) is 0 Å². The second-order valence-electron chi connectivity index (χ2n) is 4.91. The van der Waals surface area contributed by atoms with Gasteiger partial charge in [-0.15, -0.1) is 0 Å². The Labute approximate surface area is 103 Å². The van der Waals surface area contributed by atoms with Gasteiger partial charge in [0.2, 0.25) is 0 Å². The van der Waals surface area contributed by atoms with Crippen molar-refractivity contribution in [3.63, 3.8) is 0 Å². The Hall–Kier alpha value is -1.50. The fourth-order valence-corrected chi connectivity index (χ4v) is 2.78. The first kappa shape index (κ1) is 10.6. The first-order valence-electron chi connectivity index (χ1n) is 6.48. The first-order valence-corrected chi connectivity index (χ1v) is 6.48. The molecule has 17 heavy (non-hydrogen) atoms. The molecule has 0 amide bonds. The van der Waals surface area contributed by atoms with Crippen molar-refractivity contribution < 1.29 is 4.74 Å². The van der Waals surface area contributed by atoms with E-state index in [-0.39, 0.29) is 0 Å². The second-order valence-corrected chi connectivity index (χ2v) is 4.91. The Kier molecular flexibility index (Phi) is 2.76. The summed E-state index contributed by atoms with van der Waals surface area (Å²) in [7, 11) is 0. The topological polar surface area (TPSA) is 9.23 Å². The van der Waals surface area contributed by atoms with E-state index in [1.807, 2.05) is 0 Å². The van der Waals surface area contributed by atoms with Crippen molar-refractivity contribution in [3.8, 4) is 0 Å². The molecule has 88 valence electrons. The van der Waals surface area contributed by atoms with Gasteiger partial charge < -0.3 is 4.74 Å². The average molecular weight is 226 g/mol. The molecule has 1 aromatic rings. The number of hydrogen-bond donors (Lipinski definition) is 0. The highest BCUT2D eigenvalue weighted by Crippen LogP contribution is 2.39. The van der Waals surface area contributed by atoms with Crippen molar-refractivity contribution >= 4 is 5.57 Å². The van der Waals surface area contributed by atoms with Gasteiger partial charge in [0, 0.05) is 18.4 Å². The van der Waals surface area contributed by atoms with Crippen LogP contribution in [0, 0.1) is 0 Å². The van der Waals surface area contributed by atoms with Crippen molar-refractivity contribution in [3.05, 3.63) is 53.0 Å². The SMILES string of the molecule is CC1=C(c2ccccc2)CC2=C(CCCC2)O1. The van der Waals surface area contributed by atoms with Crippen LogP contribution in [-0.4, -0.2) is 0 Å². The maximum absolute atomic E-state index is 6.02. The molecular weight excluding hydrogens is 208 g/mol. The van der Waals surface area contributed by atoms with Crippen LogP contribution in [0.15, 0.2) is 47.4 Å². The summed E-state index contributed by atoms with van der Waals surface area (Å²) in [5.41, 5.74) is 4.20. The highest BCUT2D eigenvalue weighted by atomic mass is 16.5. The fourth-order valence-electron chi connectivity index (χ4n) is 2.78. The number of rotatable bonds is 1. The molecule has 0 radical (unpaired) electrons. The van der Waals surface area contributed by atoms with Crippen LogP contribution in [0.4, 0.5) is 0 Å². The summed E-state index contributed by atoms with van der Waals surface area (Å²) in [6.07, 6.45) is 6.05. The molecule has 1 heterocycles. The van der Waals surface area contributed by atoms with Gasteiger partial charge in [0.15, 0.2) is 0 Å². The molecule has 1 heteroatoms. The zero-order valence-electron chi connectivity index (χ0n) is 10.3. The van der Waals surface area contributed by atoms with Crippen LogP contribution in [0.1, 0.15) is 44.6 Å². The van der Waals surface area contributed by atoms with E-state index in [0.29, 0.717) is 0 Å². The minimum Gasteiger partial charge on any atom is -0.466 e. The van der Waals surface area contributed by atoms with Crippen LogP contribution in [0.2, 0.25) is 0 Å². The molecule has 1 nitrogen and oxygen atoms in total. The van der Waals surface area contributed by atoms with Crippen LogP contribution in [0.25, 0.3) is 5.57 Å². The van der Waals surface area contributed by atoms with Gasteiger partial charge in [-0.25, -0.2) is 0 Å². The molecule has 0 N–H and O–H groups in total. The Bertz CT molecular complexity index is 480. The minimum atomic E-state index is 1.09. The summed E-state index contributed by atoms with van der Waals surface area (Å²) in [5, 5.41) is 0. The molecule has 0 spiro atoms. The van der Waals surface area contributed by atoms with Gasteiger partial charge in [0.1, 0.15) is 11.5 Å². The van der Waals surface area contributed by atoms with E-state index in [0.717, 1.165) is 18.6 Å². The molecule has 2 aliphatic rings. The summed E-state index contributed by atoms with van der Waals surface area (Å²) < 4.78 is 6.02. The predicted octanol–water partition coefficient (Wildman–Crippen LogP) is 4.67. The summed E-state index contributed by atoms with van der Waals surface area (Å²) in [6, 6.07) is 10.6. The van der Waals surface area contributed by atoms with Gasteiger partial charge in [-0.2, -0.15) is 0 Å². The third-order valence-corrected chi connectivity index (χ3v) is 3.74. The lowest BCUT2D eigenvalue weighted by Gasteiger charge is -2.28. The lowest BCUT2D eigenvalue weighted by molar-refractivity contribution is 0.267. The summed E-state index contributed by atoms with van der Waals surface area (Å²) in [5.74, 6) is 2.35. The average Bonchev–Trinajstić information content (AvgIpc) is 2.39. The Morgan fingerprint density at radius 2 is 1.76 bits per heavy atom. The summed E-state index contributed by atoms with van der Waals surface area (Å²) >= 11 is 0. The number of hydrogen-bond acceptors (Lipinski definition) is 1. The van der Waals surface area contributed by atoms with E-state index < -0.39 is 0 Å². The largest absolute Gasteiger partial charge is 0.466 e. The van der Waals surface area contributed by atoms with Crippen LogP contribution >= 0.6 is 0 Å². The molecule has 1 aromatic carbocycles. The molecule has 0 saturated carbocycles. The number of benzene rings is 1. The third kappa shape index (κ3) is 2.02. The van der Waals surface area contributed by atoms with Crippen molar-refractivity contribution in [1.82, 2.24) is 0 Å². The van der Waals surface area contributed by atoms with E-state index >= 15 is 0 Å². The summed E-state index contributed by atoms with van der Waals surface area (Å²) in [6.45, 7) is 2.10. The second kappa shape index (κ2) is 4.40. The van der Waals surface area contributed by atoms with E-state index in [2.05, 4.69) is 37.3 Å². The maximum Gasteiger partial charge on any atom is 0.105 e. The Morgan fingerprint density at radius 1 is 1.00 bits per heavy atom. The van der Waals surface area contributed by atoms with Crippen LogP contribution in [0.3, 0.4) is 0 Å². The van der Waals surface area contributed by atoms with E-state index in [4.69, 9.17) is 4.74 Å². The molecule has 1 aliphatic heterocycles. The minimum absolute atomic E-state index is 1.09. The van der Waals surface area contributed by atoms with Crippen molar-refractivity contribution in [1.29, 1.82) is 0 Å². The molecule has 0 unspecified atom stereocenters. The molecule has 0 bridgehead atoms. The van der Waals surface area contributed by atoms with Gasteiger partial charge in [-0.3, -0.25) is 0 Å². The van der Waals surface area contributed by atoms with Gasteiger partial charge in [0.25, 0.3) is 0 Å². The van der Waals surface area contributed by atoms with E-state index in [1.165, 1.54) is 41.7 Å². The third-order valence-electron chi connectivity index (χ3n) is 3.74. The normalized spacial score (nSPS) is 20.1.